The molecular formula is C21H19N5O3. The SMILES string of the molecule is CC(=O)Nc1cccc(-c2nc(-c3ccc4c(c3)nc(C)c(=O)n4C)no2)c1C. The Bertz CT molecular complexity index is 1320. The van der Waals surface area contributed by atoms with Gasteiger partial charge >= 0.3 is 0 Å². The molecule has 29 heavy (non-hydrogen) atoms. The van der Waals surface area contributed by atoms with Crippen LogP contribution in [-0.2, 0) is 11.8 Å². The van der Waals surface area contributed by atoms with Crippen LogP contribution in [0.2, 0.25) is 0 Å². The Kier molecular flexibility index (Phi) is 4.46. The summed E-state index contributed by atoms with van der Waals surface area (Å²) in [5.41, 5.74) is 4.72. The van der Waals surface area contributed by atoms with Crippen LogP contribution >= 0.6 is 0 Å². The topological polar surface area (TPSA) is 103 Å². The number of carbonyl (C=O) groups excluding carboxylic acids is 1. The molecule has 2 aromatic heterocycles. The Morgan fingerprint density at radius 1 is 1.14 bits per heavy atom. The van der Waals surface area contributed by atoms with Crippen LogP contribution in [0.1, 0.15) is 18.2 Å². The van der Waals surface area contributed by atoms with Crippen LogP contribution in [0.15, 0.2) is 45.7 Å². The monoisotopic (exact) mass is 389 g/mol. The van der Waals surface area contributed by atoms with Gasteiger partial charge in [0, 0.05) is 30.8 Å². The molecule has 0 fully saturated rings. The first kappa shape index (κ1) is 18.5. The van der Waals surface area contributed by atoms with Gasteiger partial charge in [-0.1, -0.05) is 11.2 Å². The van der Waals surface area contributed by atoms with Crippen molar-refractivity contribution < 1.29 is 9.32 Å². The molecule has 1 amide bonds. The van der Waals surface area contributed by atoms with Gasteiger partial charge in [-0.3, -0.25) is 9.59 Å². The van der Waals surface area contributed by atoms with Crippen LogP contribution in [0.5, 0.6) is 0 Å². The highest BCUT2D eigenvalue weighted by molar-refractivity contribution is 5.90. The van der Waals surface area contributed by atoms with E-state index in [2.05, 4.69) is 20.4 Å². The maximum atomic E-state index is 12.1. The van der Waals surface area contributed by atoms with E-state index in [1.54, 1.807) is 18.5 Å². The number of benzene rings is 2. The van der Waals surface area contributed by atoms with Crippen molar-refractivity contribution in [2.24, 2.45) is 7.05 Å². The lowest BCUT2D eigenvalue weighted by molar-refractivity contribution is -0.114. The van der Waals surface area contributed by atoms with Crippen molar-refractivity contribution in [2.75, 3.05) is 5.32 Å². The molecule has 8 heteroatoms. The first-order chi connectivity index (χ1) is 13.8. The van der Waals surface area contributed by atoms with Gasteiger partial charge in [-0.15, -0.1) is 0 Å². The largest absolute Gasteiger partial charge is 0.334 e. The Labute approximate surface area is 166 Å². The van der Waals surface area contributed by atoms with Gasteiger partial charge in [0.1, 0.15) is 5.69 Å². The number of anilines is 1. The van der Waals surface area contributed by atoms with E-state index in [4.69, 9.17) is 4.52 Å². The fraction of sp³-hybridized carbons (Fsp3) is 0.190. The van der Waals surface area contributed by atoms with Crippen LogP contribution in [0.25, 0.3) is 33.9 Å². The molecule has 2 heterocycles. The molecular weight excluding hydrogens is 370 g/mol. The highest BCUT2D eigenvalue weighted by Gasteiger charge is 2.16. The molecule has 0 spiro atoms. The molecule has 0 aliphatic carbocycles. The number of aryl methyl sites for hydroxylation is 2. The van der Waals surface area contributed by atoms with E-state index in [-0.39, 0.29) is 11.5 Å². The number of hydrogen-bond donors (Lipinski definition) is 1. The third-order valence-electron chi connectivity index (χ3n) is 4.80. The molecule has 2 aromatic carbocycles. The lowest BCUT2D eigenvalue weighted by atomic mass is 10.1. The smallest absolute Gasteiger partial charge is 0.272 e. The van der Waals surface area contributed by atoms with Gasteiger partial charge in [-0.05, 0) is 49.7 Å². The number of fused-ring (bicyclic) bond motifs is 1. The van der Waals surface area contributed by atoms with E-state index >= 15 is 0 Å². The van der Waals surface area contributed by atoms with Crippen LogP contribution in [0.4, 0.5) is 5.69 Å². The maximum absolute atomic E-state index is 12.1. The van der Waals surface area contributed by atoms with Gasteiger partial charge < -0.3 is 14.4 Å². The quantitative estimate of drug-likeness (QED) is 0.577. The molecule has 0 aliphatic heterocycles. The summed E-state index contributed by atoms with van der Waals surface area (Å²) in [6.07, 6.45) is 0. The molecule has 0 radical (unpaired) electrons. The molecule has 0 atom stereocenters. The number of aromatic nitrogens is 4. The van der Waals surface area contributed by atoms with Crippen molar-refractivity contribution in [3.8, 4) is 22.8 Å². The number of hydrogen-bond acceptors (Lipinski definition) is 6. The minimum atomic E-state index is -0.148. The second-order valence-electron chi connectivity index (χ2n) is 6.85. The molecule has 0 saturated carbocycles. The van der Waals surface area contributed by atoms with Gasteiger partial charge in [0.25, 0.3) is 11.4 Å². The van der Waals surface area contributed by atoms with Crippen LogP contribution in [-0.4, -0.2) is 25.6 Å². The molecule has 0 aliphatic rings. The van der Waals surface area contributed by atoms with E-state index < -0.39 is 0 Å². The molecule has 4 aromatic rings. The van der Waals surface area contributed by atoms with Crippen LogP contribution in [0.3, 0.4) is 0 Å². The van der Waals surface area contributed by atoms with E-state index in [1.165, 1.54) is 6.92 Å². The average molecular weight is 389 g/mol. The van der Waals surface area contributed by atoms with E-state index in [9.17, 15) is 9.59 Å². The van der Waals surface area contributed by atoms with Crippen molar-refractivity contribution in [1.29, 1.82) is 0 Å². The summed E-state index contributed by atoms with van der Waals surface area (Å²) in [5.74, 6) is 0.624. The minimum Gasteiger partial charge on any atom is -0.334 e. The molecule has 4 rings (SSSR count). The summed E-state index contributed by atoms with van der Waals surface area (Å²) in [7, 11) is 1.72. The van der Waals surface area contributed by atoms with Gasteiger partial charge in [-0.2, -0.15) is 4.98 Å². The van der Waals surface area contributed by atoms with E-state index in [1.807, 2.05) is 43.3 Å². The lowest BCUT2D eigenvalue weighted by Crippen LogP contribution is -2.20. The number of amides is 1. The van der Waals surface area contributed by atoms with Crippen LogP contribution < -0.4 is 10.9 Å². The Balaban J connectivity index is 1.76. The van der Waals surface area contributed by atoms with E-state index in [0.29, 0.717) is 28.6 Å². The standard InChI is InChI=1S/C21H19N5O3/c1-11-15(6-5-7-16(11)23-13(3)27)20-24-19(25-29-20)14-8-9-18-17(10-14)22-12(2)21(28)26(18)4/h5-10H,1-4H3,(H,23,27). The second kappa shape index (κ2) is 6.97. The number of nitrogens with zero attached hydrogens (tertiary/aromatic N) is 4. The molecule has 1 N–H and O–H groups in total. The second-order valence-corrected chi connectivity index (χ2v) is 6.85. The molecule has 8 nitrogen and oxygen atoms in total. The Morgan fingerprint density at radius 2 is 1.93 bits per heavy atom. The fourth-order valence-corrected chi connectivity index (χ4v) is 3.26. The summed E-state index contributed by atoms with van der Waals surface area (Å²) >= 11 is 0. The highest BCUT2D eigenvalue weighted by Crippen LogP contribution is 2.29. The lowest BCUT2D eigenvalue weighted by Gasteiger charge is -2.08. The van der Waals surface area contributed by atoms with Crippen molar-refractivity contribution in [2.45, 2.75) is 20.8 Å². The van der Waals surface area contributed by atoms with Crippen molar-refractivity contribution in [3.63, 3.8) is 0 Å². The summed E-state index contributed by atoms with van der Waals surface area (Å²) in [6, 6.07) is 11.0. The summed E-state index contributed by atoms with van der Waals surface area (Å²) in [5, 5.41) is 6.89. The van der Waals surface area contributed by atoms with E-state index in [0.717, 1.165) is 22.2 Å². The zero-order chi connectivity index (χ0) is 20.7. The number of rotatable bonds is 3. The van der Waals surface area contributed by atoms with Crippen molar-refractivity contribution in [3.05, 3.63) is 58.0 Å². The molecule has 146 valence electrons. The average Bonchev–Trinajstić information content (AvgIpc) is 3.17. The Hall–Kier alpha value is -3.81. The predicted molar refractivity (Wildman–Crippen MR) is 109 cm³/mol. The van der Waals surface area contributed by atoms with Crippen molar-refractivity contribution in [1.82, 2.24) is 19.7 Å². The highest BCUT2D eigenvalue weighted by atomic mass is 16.5. The molecule has 0 unspecified atom stereocenters. The van der Waals surface area contributed by atoms with Gasteiger partial charge in [0.15, 0.2) is 0 Å². The zero-order valence-electron chi connectivity index (χ0n) is 16.5. The first-order valence-electron chi connectivity index (χ1n) is 9.04. The zero-order valence-corrected chi connectivity index (χ0v) is 16.5. The first-order valence-corrected chi connectivity index (χ1v) is 9.04. The fourth-order valence-electron chi connectivity index (χ4n) is 3.26. The maximum Gasteiger partial charge on any atom is 0.272 e. The molecule has 0 bridgehead atoms. The number of carbonyl (C=O) groups is 1. The number of nitrogens with one attached hydrogen (secondary N) is 1. The summed E-state index contributed by atoms with van der Waals surface area (Å²) in [4.78, 5) is 32.3. The molecule has 0 saturated heterocycles. The van der Waals surface area contributed by atoms with Gasteiger partial charge in [-0.25, -0.2) is 4.98 Å². The minimum absolute atomic E-state index is 0.123. The van der Waals surface area contributed by atoms with Gasteiger partial charge in [0.2, 0.25) is 11.7 Å². The summed E-state index contributed by atoms with van der Waals surface area (Å²) in [6.45, 7) is 5.03. The van der Waals surface area contributed by atoms with Crippen molar-refractivity contribution >= 4 is 22.6 Å². The van der Waals surface area contributed by atoms with Crippen LogP contribution in [0, 0.1) is 13.8 Å². The van der Waals surface area contributed by atoms with Gasteiger partial charge in [0.05, 0.1) is 11.0 Å². The normalized spacial score (nSPS) is 11.0. The third kappa shape index (κ3) is 3.29. The third-order valence-corrected chi connectivity index (χ3v) is 4.80. The predicted octanol–water partition coefficient (Wildman–Crippen LogP) is 3.23. The Morgan fingerprint density at radius 3 is 2.69 bits per heavy atom. The summed E-state index contributed by atoms with van der Waals surface area (Å²) < 4.78 is 7.04.